The Morgan fingerprint density at radius 2 is 1.55 bits per heavy atom. The van der Waals surface area contributed by atoms with Crippen LogP contribution in [0.3, 0.4) is 0 Å². The molecule has 0 amide bonds. The fourth-order valence-electron chi connectivity index (χ4n) is 1.56. The number of hydrogen-bond donors (Lipinski definition) is 3. The Hall–Kier alpha value is -0.850. The highest BCUT2D eigenvalue weighted by atomic mass is 32.2. The molecule has 1 heterocycles. The lowest BCUT2D eigenvalue weighted by atomic mass is 10.1. The summed E-state index contributed by atoms with van der Waals surface area (Å²) in [6.45, 7) is 7.69. The van der Waals surface area contributed by atoms with Crippen LogP contribution in [-0.4, -0.2) is 21.6 Å². The second kappa shape index (κ2) is 11.7. The van der Waals surface area contributed by atoms with Gasteiger partial charge in [0.25, 0.3) is 0 Å². The van der Waals surface area contributed by atoms with E-state index in [1.165, 1.54) is 21.8 Å². The van der Waals surface area contributed by atoms with E-state index in [9.17, 15) is 0 Å². The van der Waals surface area contributed by atoms with Crippen LogP contribution in [0.5, 0.6) is 0 Å². The van der Waals surface area contributed by atoms with Gasteiger partial charge in [0, 0.05) is 4.90 Å². The molecule has 0 saturated heterocycles. The van der Waals surface area contributed by atoms with Crippen molar-refractivity contribution in [1.29, 1.82) is 0 Å². The number of hydrogen-bond acceptors (Lipinski definition) is 5. The van der Waals surface area contributed by atoms with E-state index in [1.54, 1.807) is 30.1 Å². The zero-order chi connectivity index (χ0) is 17.1. The summed E-state index contributed by atoms with van der Waals surface area (Å²) in [5, 5.41) is 28.4. The molecular weight excluding hydrogens is 316 g/mol. The van der Waals surface area contributed by atoms with Crippen LogP contribution in [0.25, 0.3) is 0 Å². The zero-order valence-electron chi connectivity index (χ0n) is 13.8. The van der Waals surface area contributed by atoms with Crippen LogP contribution in [0, 0.1) is 6.92 Å². The minimum atomic E-state index is -1.47. The van der Waals surface area contributed by atoms with Gasteiger partial charge in [0.05, 0.1) is 11.0 Å². The lowest BCUT2D eigenvalue weighted by Crippen LogP contribution is -1.98. The molecule has 2 aromatic rings. The molecule has 0 aliphatic carbocycles. The molecule has 0 aliphatic heterocycles. The van der Waals surface area contributed by atoms with Crippen molar-refractivity contribution < 1.29 is 15.3 Å². The highest BCUT2D eigenvalue weighted by Crippen LogP contribution is 2.27. The van der Waals surface area contributed by atoms with E-state index in [-0.39, 0.29) is 0 Å². The molecule has 5 heteroatoms. The van der Waals surface area contributed by atoms with Gasteiger partial charge in [0.15, 0.2) is 6.29 Å². The molecule has 1 aromatic carbocycles. The molecule has 1 unspecified atom stereocenters. The van der Waals surface area contributed by atoms with Crippen LogP contribution in [0.4, 0.5) is 0 Å². The molecule has 22 heavy (non-hydrogen) atoms. The summed E-state index contributed by atoms with van der Waals surface area (Å²) < 4.78 is 0. The van der Waals surface area contributed by atoms with E-state index >= 15 is 0 Å². The lowest BCUT2D eigenvalue weighted by Gasteiger charge is -2.06. The third-order valence-corrected chi connectivity index (χ3v) is 4.38. The van der Waals surface area contributed by atoms with Crippen molar-refractivity contribution in [2.45, 2.75) is 45.0 Å². The van der Waals surface area contributed by atoms with E-state index in [0.717, 1.165) is 0 Å². The van der Waals surface area contributed by atoms with Crippen LogP contribution in [0.15, 0.2) is 40.6 Å². The highest BCUT2D eigenvalue weighted by Gasteiger charge is 2.13. The summed E-state index contributed by atoms with van der Waals surface area (Å²) in [7, 11) is 0. The quantitative estimate of drug-likeness (QED) is 0.566. The predicted octanol–water partition coefficient (Wildman–Crippen LogP) is 4.53. The molecule has 0 bridgehead atoms. The van der Waals surface area contributed by atoms with E-state index in [4.69, 9.17) is 15.3 Å². The standard InChI is InChI=1S/C8H10S.C7H10O3S.C2H6/c1-7-3-5-8(9-2)6-4-7;1-4(8)5-2-3-11-6(5)7(9)10;1-2/h3-6H,1-2H3;2-4,7-10H,1H3;1-2H3. The Kier molecular flexibility index (Phi) is 11.2. The van der Waals surface area contributed by atoms with Gasteiger partial charge in [-0.1, -0.05) is 31.5 Å². The number of thioether (sulfide) groups is 1. The SMILES string of the molecule is CC.CC(O)c1ccsc1C(O)O.CSc1ccc(C)cc1. The Balaban J connectivity index is 0.000000366. The van der Waals surface area contributed by atoms with Crippen molar-refractivity contribution >= 4 is 23.1 Å². The van der Waals surface area contributed by atoms with Gasteiger partial charge in [0.1, 0.15) is 0 Å². The van der Waals surface area contributed by atoms with Crippen LogP contribution >= 0.6 is 23.1 Å². The van der Waals surface area contributed by atoms with Gasteiger partial charge in [-0.3, -0.25) is 0 Å². The van der Waals surface area contributed by atoms with Crippen molar-refractivity contribution in [3.63, 3.8) is 0 Å². The summed E-state index contributed by atoms with van der Waals surface area (Å²) in [6, 6.07) is 10.2. The number of aryl methyl sites for hydroxylation is 1. The summed E-state index contributed by atoms with van der Waals surface area (Å²) >= 11 is 3.00. The monoisotopic (exact) mass is 342 g/mol. The Morgan fingerprint density at radius 1 is 1.00 bits per heavy atom. The summed E-state index contributed by atoms with van der Waals surface area (Å²) in [5.41, 5.74) is 1.91. The van der Waals surface area contributed by atoms with Gasteiger partial charge in [0.2, 0.25) is 0 Å². The summed E-state index contributed by atoms with van der Waals surface area (Å²) in [5.74, 6) is 0. The van der Waals surface area contributed by atoms with E-state index in [0.29, 0.717) is 10.4 Å². The first-order valence-corrected chi connectivity index (χ1v) is 9.28. The van der Waals surface area contributed by atoms with Crippen molar-refractivity contribution in [1.82, 2.24) is 0 Å². The largest absolute Gasteiger partial charge is 0.389 e. The maximum Gasteiger partial charge on any atom is 0.188 e. The molecule has 3 nitrogen and oxygen atoms in total. The first kappa shape index (κ1) is 21.1. The molecule has 0 saturated carbocycles. The van der Waals surface area contributed by atoms with Gasteiger partial charge >= 0.3 is 0 Å². The number of aliphatic hydroxyl groups excluding tert-OH is 2. The van der Waals surface area contributed by atoms with Gasteiger partial charge in [-0.25, -0.2) is 0 Å². The number of thiophene rings is 1. The number of aliphatic hydroxyl groups is 3. The van der Waals surface area contributed by atoms with Crippen molar-refractivity contribution in [2.75, 3.05) is 6.26 Å². The fourth-order valence-corrected chi connectivity index (χ4v) is 2.83. The Labute approximate surface area is 141 Å². The summed E-state index contributed by atoms with van der Waals surface area (Å²) in [6.07, 6.45) is -0.0253. The van der Waals surface area contributed by atoms with Crippen LogP contribution in [0.2, 0.25) is 0 Å². The van der Waals surface area contributed by atoms with Crippen molar-refractivity contribution in [2.24, 2.45) is 0 Å². The first-order valence-electron chi connectivity index (χ1n) is 7.17. The number of rotatable bonds is 3. The van der Waals surface area contributed by atoms with Crippen molar-refractivity contribution in [3.8, 4) is 0 Å². The average molecular weight is 343 g/mol. The Morgan fingerprint density at radius 3 is 1.91 bits per heavy atom. The second-order valence-electron chi connectivity index (χ2n) is 4.31. The molecule has 0 spiro atoms. The minimum Gasteiger partial charge on any atom is -0.389 e. The fraction of sp³-hybridized carbons (Fsp3) is 0.412. The van der Waals surface area contributed by atoms with Gasteiger partial charge in [-0.05, 0) is 49.2 Å². The molecular formula is C17H26O3S2. The normalized spacial score (nSPS) is 11.1. The third kappa shape index (κ3) is 7.42. The average Bonchev–Trinajstić information content (AvgIpc) is 3.01. The maximum atomic E-state index is 9.13. The minimum absolute atomic E-state index is 0.417. The highest BCUT2D eigenvalue weighted by molar-refractivity contribution is 7.98. The van der Waals surface area contributed by atoms with Crippen molar-refractivity contribution in [3.05, 3.63) is 51.7 Å². The number of benzene rings is 1. The molecule has 1 aromatic heterocycles. The molecule has 124 valence electrons. The van der Waals surface area contributed by atoms with Gasteiger partial charge in [-0.15, -0.1) is 23.1 Å². The third-order valence-electron chi connectivity index (χ3n) is 2.67. The van der Waals surface area contributed by atoms with Crippen LogP contribution < -0.4 is 0 Å². The predicted molar refractivity (Wildman–Crippen MR) is 96.4 cm³/mol. The topological polar surface area (TPSA) is 60.7 Å². The zero-order valence-corrected chi connectivity index (χ0v) is 15.4. The second-order valence-corrected chi connectivity index (χ2v) is 6.13. The molecule has 0 aliphatic rings. The van der Waals surface area contributed by atoms with Crippen LogP contribution in [0.1, 0.15) is 49.2 Å². The van der Waals surface area contributed by atoms with E-state index < -0.39 is 12.4 Å². The molecule has 3 N–H and O–H groups in total. The van der Waals surface area contributed by atoms with E-state index in [1.807, 2.05) is 13.8 Å². The summed E-state index contributed by atoms with van der Waals surface area (Å²) in [4.78, 5) is 1.75. The molecule has 0 fully saturated rings. The first-order chi connectivity index (χ1) is 10.5. The molecule has 1 atom stereocenters. The molecule has 0 radical (unpaired) electrons. The van der Waals surface area contributed by atoms with Gasteiger partial charge < -0.3 is 15.3 Å². The van der Waals surface area contributed by atoms with Crippen LogP contribution in [-0.2, 0) is 0 Å². The smallest absolute Gasteiger partial charge is 0.188 e. The lowest BCUT2D eigenvalue weighted by molar-refractivity contribution is -0.0412. The van der Waals surface area contributed by atoms with E-state index in [2.05, 4.69) is 37.4 Å². The molecule has 2 rings (SSSR count). The maximum absolute atomic E-state index is 9.13. The van der Waals surface area contributed by atoms with Gasteiger partial charge in [-0.2, -0.15) is 0 Å². The Bertz CT molecular complexity index is 482.